The second kappa shape index (κ2) is 9.78. The highest BCUT2D eigenvalue weighted by Gasteiger charge is 2.13. The van der Waals surface area contributed by atoms with Gasteiger partial charge in [-0.3, -0.25) is 0 Å². The third-order valence-electron chi connectivity index (χ3n) is 2.04. The Morgan fingerprint density at radius 2 is 0.636 bits per heavy atom. The van der Waals surface area contributed by atoms with Gasteiger partial charge in [-0.15, -0.1) is 0 Å². The van der Waals surface area contributed by atoms with Crippen LogP contribution in [0, 0.1) is 0 Å². The minimum absolute atomic E-state index is 0. The van der Waals surface area contributed by atoms with Crippen molar-refractivity contribution in [3.05, 3.63) is 34.4 Å². The Hall–Kier alpha value is -3.06. The van der Waals surface area contributed by atoms with E-state index in [1.54, 1.807) is 0 Å². The fourth-order valence-corrected chi connectivity index (χ4v) is 1.28. The van der Waals surface area contributed by atoms with E-state index < -0.39 is 46.1 Å². The van der Waals surface area contributed by atoms with Crippen molar-refractivity contribution in [1.29, 1.82) is 0 Å². The van der Waals surface area contributed by atoms with Crippen molar-refractivity contribution in [3.8, 4) is 0 Å². The normalized spacial score (nSPS) is 8.00. The smallest absolute Gasteiger partial charge is 0.0722 e. The van der Waals surface area contributed by atoms with Gasteiger partial charge >= 0.3 is 0 Å². The maximum absolute atomic E-state index is 10.6. The predicted octanol–water partition coefficient (Wildman–Crippen LogP) is -3.35. The molecule has 16 N–H and O–H groups in total. The maximum atomic E-state index is 10.6. The molecule has 12 heteroatoms. The molecule has 0 unspecified atom stereocenters. The fraction of sp³-hybridized carbons (Fsp3) is 0. The van der Waals surface area contributed by atoms with Crippen LogP contribution in [0.25, 0.3) is 0 Å². The molecule has 0 fully saturated rings. The van der Waals surface area contributed by atoms with Crippen molar-refractivity contribution in [2.45, 2.75) is 0 Å². The zero-order chi connectivity index (χ0) is 14.0. The third-order valence-corrected chi connectivity index (χ3v) is 2.04. The Bertz CT molecular complexity index is 488. The summed E-state index contributed by atoms with van der Waals surface area (Å²) in [5.74, 6) is -7.99. The molecule has 0 aliphatic rings. The number of aromatic carboxylic acids is 4. The Balaban J connectivity index is -0.000000405. The Morgan fingerprint density at radius 3 is 0.727 bits per heavy atom. The summed E-state index contributed by atoms with van der Waals surface area (Å²) in [6.45, 7) is 0. The van der Waals surface area contributed by atoms with Crippen molar-refractivity contribution in [2.75, 3.05) is 0 Å². The molecular formula is C10H18N4O8. The van der Waals surface area contributed by atoms with Gasteiger partial charge in [-0.25, -0.2) is 0 Å². The van der Waals surface area contributed by atoms with E-state index in [4.69, 9.17) is 0 Å². The number of carbonyl (C=O) groups is 4. The summed E-state index contributed by atoms with van der Waals surface area (Å²) >= 11 is 0. The largest absolute Gasteiger partial charge is 0.545 e. The molecule has 0 bridgehead atoms. The van der Waals surface area contributed by atoms with Gasteiger partial charge in [-0.2, -0.15) is 0 Å². The van der Waals surface area contributed by atoms with Crippen LogP contribution in [0.2, 0.25) is 0 Å². The molecule has 0 atom stereocenters. The van der Waals surface area contributed by atoms with Crippen LogP contribution in [-0.4, -0.2) is 23.9 Å². The molecule has 0 amide bonds. The number of carbonyl (C=O) groups excluding carboxylic acids is 4. The molecule has 0 aromatic heterocycles. The van der Waals surface area contributed by atoms with Gasteiger partial charge in [-0.05, 0) is 12.1 Å². The van der Waals surface area contributed by atoms with Gasteiger partial charge in [-0.1, -0.05) is 0 Å². The van der Waals surface area contributed by atoms with Crippen molar-refractivity contribution < 1.29 is 39.6 Å². The number of benzene rings is 1. The van der Waals surface area contributed by atoms with Crippen LogP contribution in [0.5, 0.6) is 0 Å². The first-order chi connectivity index (χ1) is 8.25. The molecule has 0 saturated carbocycles. The van der Waals surface area contributed by atoms with Crippen LogP contribution in [0.4, 0.5) is 0 Å². The van der Waals surface area contributed by atoms with Crippen molar-refractivity contribution in [3.63, 3.8) is 0 Å². The van der Waals surface area contributed by atoms with Crippen molar-refractivity contribution in [2.24, 2.45) is 0 Å². The zero-order valence-electron chi connectivity index (χ0n) is 12.4. The lowest BCUT2D eigenvalue weighted by Crippen LogP contribution is -2.34. The molecule has 1 rings (SSSR count). The standard InChI is InChI=1S/C10H6O8.4H3N/c11-7(12)3-1-4(8(13)14)6(10(17)18)2-5(3)9(15)16;;;;/h1-2H,(H,11,12)(H,13,14)(H,15,16)(H,17,18);4*1H3. The highest BCUT2D eigenvalue weighted by Crippen LogP contribution is 2.16. The predicted molar refractivity (Wildman–Crippen MR) is 67.7 cm³/mol. The van der Waals surface area contributed by atoms with E-state index in [1.807, 2.05) is 0 Å². The summed E-state index contributed by atoms with van der Waals surface area (Å²) in [7, 11) is 0. The third kappa shape index (κ3) is 5.14. The molecule has 1 aromatic rings. The first-order valence-corrected chi connectivity index (χ1v) is 4.29. The molecule has 22 heavy (non-hydrogen) atoms. The Kier molecular flexibility index (Phi) is 12.1. The summed E-state index contributed by atoms with van der Waals surface area (Å²) in [4.78, 5) is 42.4. The van der Waals surface area contributed by atoms with E-state index in [-0.39, 0.29) is 24.6 Å². The van der Waals surface area contributed by atoms with E-state index in [0.717, 1.165) is 0 Å². The van der Waals surface area contributed by atoms with Gasteiger partial charge in [0, 0.05) is 22.3 Å². The van der Waals surface area contributed by atoms with Gasteiger partial charge in [0.2, 0.25) is 0 Å². The molecular weight excluding hydrogens is 304 g/mol. The monoisotopic (exact) mass is 322 g/mol. The average Bonchev–Trinajstić information content (AvgIpc) is 2.26. The fourth-order valence-electron chi connectivity index (χ4n) is 1.28. The lowest BCUT2D eigenvalue weighted by Gasteiger charge is -2.18. The summed E-state index contributed by atoms with van der Waals surface area (Å²) in [5.41, 5.74) is -4.11. The van der Waals surface area contributed by atoms with Crippen LogP contribution in [-0.2, 0) is 0 Å². The average molecular weight is 322 g/mol. The summed E-state index contributed by atoms with van der Waals surface area (Å²) in [5, 5.41) is 42.4. The first-order valence-electron chi connectivity index (χ1n) is 4.29. The Labute approximate surface area is 123 Å². The second-order valence-corrected chi connectivity index (χ2v) is 3.09. The zero-order valence-corrected chi connectivity index (χ0v) is 12.4. The Morgan fingerprint density at radius 1 is 0.500 bits per heavy atom. The van der Waals surface area contributed by atoms with Gasteiger partial charge in [0.05, 0.1) is 23.9 Å². The van der Waals surface area contributed by atoms with E-state index in [0.29, 0.717) is 12.1 Å². The van der Waals surface area contributed by atoms with Gasteiger partial charge in [0.1, 0.15) is 0 Å². The second-order valence-electron chi connectivity index (χ2n) is 3.09. The topological polar surface area (TPSA) is 307 Å². The number of quaternary nitrogens is 4. The summed E-state index contributed by atoms with van der Waals surface area (Å²) in [6.07, 6.45) is 0. The molecule has 0 saturated heterocycles. The van der Waals surface area contributed by atoms with Gasteiger partial charge < -0.3 is 64.2 Å². The molecule has 12 nitrogen and oxygen atoms in total. The first kappa shape index (κ1) is 27.3. The summed E-state index contributed by atoms with van der Waals surface area (Å²) < 4.78 is 0. The number of carboxylic acid groups (broad SMARTS) is 4. The number of hydrogen-bond acceptors (Lipinski definition) is 8. The minimum Gasteiger partial charge on any atom is -0.545 e. The molecule has 0 heterocycles. The van der Waals surface area contributed by atoms with Gasteiger partial charge in [0.15, 0.2) is 0 Å². The number of carboxylic acids is 4. The van der Waals surface area contributed by atoms with E-state index in [1.165, 1.54) is 0 Å². The van der Waals surface area contributed by atoms with Crippen molar-refractivity contribution in [1.82, 2.24) is 24.6 Å². The van der Waals surface area contributed by atoms with E-state index in [2.05, 4.69) is 0 Å². The molecule has 0 aliphatic carbocycles. The van der Waals surface area contributed by atoms with Crippen LogP contribution in [0.15, 0.2) is 12.1 Å². The lowest BCUT2D eigenvalue weighted by atomic mass is 9.98. The molecule has 0 radical (unpaired) electrons. The van der Waals surface area contributed by atoms with Crippen LogP contribution < -0.4 is 45.0 Å². The highest BCUT2D eigenvalue weighted by atomic mass is 16.4. The number of hydrogen-bond donors (Lipinski definition) is 4. The lowest BCUT2D eigenvalue weighted by molar-refractivity contribution is -0.261. The summed E-state index contributed by atoms with van der Waals surface area (Å²) in [6, 6.07) is 0.613. The quantitative estimate of drug-likeness (QED) is 0.432. The molecule has 0 aliphatic heterocycles. The van der Waals surface area contributed by atoms with Crippen LogP contribution in [0.1, 0.15) is 41.4 Å². The number of rotatable bonds is 4. The highest BCUT2D eigenvalue weighted by molar-refractivity contribution is 6.07. The molecule has 126 valence electrons. The minimum atomic E-state index is -2.00. The van der Waals surface area contributed by atoms with E-state index in [9.17, 15) is 39.6 Å². The molecule has 1 aromatic carbocycles. The van der Waals surface area contributed by atoms with Crippen LogP contribution >= 0.6 is 0 Å². The van der Waals surface area contributed by atoms with Gasteiger partial charge in [0.25, 0.3) is 0 Å². The maximum Gasteiger partial charge on any atom is 0.0722 e. The SMILES string of the molecule is O=C([O-])c1cc(C(=O)[O-])c(C(=O)[O-])cc1C(=O)[O-].[NH4+].[NH4+].[NH4+].[NH4+]. The van der Waals surface area contributed by atoms with Crippen LogP contribution in [0.3, 0.4) is 0 Å². The van der Waals surface area contributed by atoms with Crippen molar-refractivity contribution >= 4 is 23.9 Å². The van der Waals surface area contributed by atoms with E-state index >= 15 is 0 Å². The molecule has 0 spiro atoms.